The van der Waals surface area contributed by atoms with Gasteiger partial charge in [0.2, 0.25) is 0 Å². The first-order valence-corrected chi connectivity index (χ1v) is 9.45. The Hall–Kier alpha value is -3.00. The third-order valence-corrected chi connectivity index (χ3v) is 4.95. The summed E-state index contributed by atoms with van der Waals surface area (Å²) < 4.78 is 13.8. The molecule has 7 nitrogen and oxygen atoms in total. The van der Waals surface area contributed by atoms with Crippen molar-refractivity contribution < 1.29 is 19.4 Å². The van der Waals surface area contributed by atoms with Gasteiger partial charge < -0.3 is 14.6 Å². The van der Waals surface area contributed by atoms with Crippen LogP contribution in [0.4, 0.5) is 0 Å². The van der Waals surface area contributed by atoms with Crippen LogP contribution in [-0.4, -0.2) is 38.2 Å². The molecule has 2 aromatic carbocycles. The van der Waals surface area contributed by atoms with Gasteiger partial charge in [0.25, 0.3) is 0 Å². The van der Waals surface area contributed by atoms with Gasteiger partial charge in [-0.15, -0.1) is 10.2 Å². The number of carboxylic acids is 1. The highest BCUT2D eigenvalue weighted by molar-refractivity contribution is 7.99. The number of hydrogen-bond donors (Lipinski definition) is 1. The lowest BCUT2D eigenvalue weighted by Gasteiger charge is -2.26. The van der Waals surface area contributed by atoms with Crippen molar-refractivity contribution in [1.29, 1.82) is 0 Å². The molecule has 0 bridgehead atoms. The average Bonchev–Trinajstić information content (AvgIpc) is 3.12. The molecule has 0 saturated carbocycles. The van der Waals surface area contributed by atoms with Crippen molar-refractivity contribution in [3.05, 3.63) is 60.4 Å². The number of rotatable bonds is 6. The summed E-state index contributed by atoms with van der Waals surface area (Å²) in [6, 6.07) is 17.2. The number of hydrogen-bond acceptors (Lipinski definition) is 6. The highest BCUT2D eigenvalue weighted by Crippen LogP contribution is 2.36. The molecule has 138 valence electrons. The van der Waals surface area contributed by atoms with E-state index in [1.807, 2.05) is 59.2 Å². The van der Waals surface area contributed by atoms with Crippen molar-refractivity contribution in [1.82, 2.24) is 14.8 Å². The number of fused-ring (bicyclic) bond motifs is 1. The Balaban J connectivity index is 1.66. The fraction of sp³-hybridized carbons (Fsp3) is 0.211. The monoisotopic (exact) mass is 383 g/mol. The number of ether oxygens (including phenoxy) is 2. The van der Waals surface area contributed by atoms with Gasteiger partial charge in [0.1, 0.15) is 6.61 Å². The molecule has 27 heavy (non-hydrogen) atoms. The third-order valence-electron chi connectivity index (χ3n) is 4.02. The van der Waals surface area contributed by atoms with Gasteiger partial charge in [0.05, 0.1) is 6.42 Å². The summed E-state index contributed by atoms with van der Waals surface area (Å²) in [5.74, 6) is 1.56. The van der Waals surface area contributed by atoms with Gasteiger partial charge in [0.15, 0.2) is 28.6 Å². The Labute approximate surface area is 159 Å². The summed E-state index contributed by atoms with van der Waals surface area (Å²) in [5, 5.41) is 18.1. The SMILES string of the molecule is O=C(O)CCSc1nnc(C2COc3ccccc3O2)n1-c1ccccc1. The van der Waals surface area contributed by atoms with Gasteiger partial charge in [-0.2, -0.15) is 0 Å². The Kier molecular flexibility index (Phi) is 4.97. The second kappa shape index (κ2) is 7.71. The van der Waals surface area contributed by atoms with Crippen molar-refractivity contribution in [2.45, 2.75) is 17.7 Å². The molecule has 4 rings (SSSR count). The van der Waals surface area contributed by atoms with Gasteiger partial charge >= 0.3 is 5.97 Å². The zero-order valence-electron chi connectivity index (χ0n) is 14.3. The maximum absolute atomic E-state index is 10.8. The maximum Gasteiger partial charge on any atom is 0.304 e. The number of aliphatic carboxylic acids is 1. The van der Waals surface area contributed by atoms with Crippen LogP contribution >= 0.6 is 11.8 Å². The van der Waals surface area contributed by atoms with Crippen LogP contribution in [0.25, 0.3) is 5.69 Å². The van der Waals surface area contributed by atoms with Crippen LogP contribution in [0, 0.1) is 0 Å². The zero-order chi connectivity index (χ0) is 18.6. The number of aromatic nitrogens is 3. The molecule has 8 heteroatoms. The molecule has 0 spiro atoms. The van der Waals surface area contributed by atoms with Crippen molar-refractivity contribution in [3.8, 4) is 17.2 Å². The number of nitrogens with zero attached hydrogens (tertiary/aromatic N) is 3. The van der Waals surface area contributed by atoms with E-state index in [0.717, 1.165) is 5.69 Å². The highest BCUT2D eigenvalue weighted by atomic mass is 32.2. The molecule has 1 aliphatic rings. The summed E-state index contributed by atoms with van der Waals surface area (Å²) >= 11 is 1.35. The van der Waals surface area contributed by atoms with E-state index < -0.39 is 12.1 Å². The summed E-state index contributed by atoms with van der Waals surface area (Å²) in [5.41, 5.74) is 0.887. The third kappa shape index (κ3) is 3.75. The van der Waals surface area contributed by atoms with Gasteiger partial charge in [0, 0.05) is 11.4 Å². The molecule has 0 aliphatic carbocycles. The molecule has 3 aromatic rings. The molecule has 1 aliphatic heterocycles. The lowest BCUT2D eigenvalue weighted by atomic mass is 10.2. The summed E-state index contributed by atoms with van der Waals surface area (Å²) in [4.78, 5) is 10.8. The first kappa shape index (κ1) is 17.4. The number of thioether (sulfide) groups is 1. The van der Waals surface area contributed by atoms with Crippen LogP contribution < -0.4 is 9.47 Å². The molecule has 0 amide bonds. The van der Waals surface area contributed by atoms with Crippen LogP contribution in [0.5, 0.6) is 11.5 Å². The van der Waals surface area contributed by atoms with Gasteiger partial charge in [-0.3, -0.25) is 9.36 Å². The van der Waals surface area contributed by atoms with E-state index >= 15 is 0 Å². The van der Waals surface area contributed by atoms with E-state index in [1.54, 1.807) is 0 Å². The van der Waals surface area contributed by atoms with Crippen LogP contribution in [-0.2, 0) is 4.79 Å². The number of benzene rings is 2. The lowest BCUT2D eigenvalue weighted by molar-refractivity contribution is -0.136. The molecular formula is C19H17N3O4S. The van der Waals surface area contributed by atoms with Gasteiger partial charge in [-0.1, -0.05) is 42.1 Å². The first-order chi connectivity index (χ1) is 13.2. The quantitative estimate of drug-likeness (QED) is 0.653. The molecule has 2 heterocycles. The van der Waals surface area contributed by atoms with Crippen LogP contribution in [0.2, 0.25) is 0 Å². The Morgan fingerprint density at radius 1 is 1.11 bits per heavy atom. The first-order valence-electron chi connectivity index (χ1n) is 8.46. The van der Waals surface area contributed by atoms with Crippen LogP contribution in [0.15, 0.2) is 59.8 Å². The molecule has 0 radical (unpaired) electrons. The van der Waals surface area contributed by atoms with Crippen molar-refractivity contribution in [2.75, 3.05) is 12.4 Å². The number of carbonyl (C=O) groups is 1. The lowest BCUT2D eigenvalue weighted by Crippen LogP contribution is -2.24. The van der Waals surface area contributed by atoms with E-state index in [0.29, 0.717) is 34.8 Å². The summed E-state index contributed by atoms with van der Waals surface area (Å²) in [6.07, 6.45) is -0.362. The standard InChI is InChI=1S/C19H17N3O4S/c23-17(24)10-11-27-19-21-20-18(22(19)13-6-2-1-3-7-13)16-12-25-14-8-4-5-9-15(14)26-16/h1-9,16H,10-12H2,(H,23,24). The predicted molar refractivity (Wildman–Crippen MR) is 99.6 cm³/mol. The minimum Gasteiger partial charge on any atom is -0.485 e. The Bertz CT molecular complexity index is 945. The fourth-order valence-corrected chi connectivity index (χ4v) is 3.67. The largest absolute Gasteiger partial charge is 0.485 e. The average molecular weight is 383 g/mol. The van der Waals surface area contributed by atoms with Crippen molar-refractivity contribution in [2.24, 2.45) is 0 Å². The number of para-hydroxylation sites is 3. The van der Waals surface area contributed by atoms with E-state index in [2.05, 4.69) is 10.2 Å². The molecule has 0 saturated heterocycles. The zero-order valence-corrected chi connectivity index (χ0v) is 15.1. The Morgan fingerprint density at radius 3 is 2.63 bits per heavy atom. The summed E-state index contributed by atoms with van der Waals surface area (Å²) in [7, 11) is 0. The maximum atomic E-state index is 10.8. The second-order valence-electron chi connectivity index (χ2n) is 5.87. The van der Waals surface area contributed by atoms with Crippen LogP contribution in [0.1, 0.15) is 18.3 Å². The van der Waals surface area contributed by atoms with Gasteiger partial charge in [-0.05, 0) is 24.3 Å². The molecule has 0 fully saturated rings. The van der Waals surface area contributed by atoms with E-state index in [1.165, 1.54) is 11.8 Å². The molecule has 1 unspecified atom stereocenters. The minimum absolute atomic E-state index is 0.0536. The normalized spacial score (nSPS) is 15.5. The smallest absolute Gasteiger partial charge is 0.304 e. The number of carboxylic acid groups (broad SMARTS) is 1. The van der Waals surface area contributed by atoms with Crippen molar-refractivity contribution >= 4 is 17.7 Å². The molecular weight excluding hydrogens is 366 g/mol. The van der Waals surface area contributed by atoms with E-state index in [4.69, 9.17) is 14.6 Å². The molecule has 1 aromatic heterocycles. The highest BCUT2D eigenvalue weighted by Gasteiger charge is 2.29. The van der Waals surface area contributed by atoms with Crippen LogP contribution in [0.3, 0.4) is 0 Å². The molecule has 1 N–H and O–H groups in total. The molecule has 1 atom stereocenters. The Morgan fingerprint density at radius 2 is 1.85 bits per heavy atom. The van der Waals surface area contributed by atoms with E-state index in [-0.39, 0.29) is 6.42 Å². The van der Waals surface area contributed by atoms with E-state index in [9.17, 15) is 4.79 Å². The second-order valence-corrected chi connectivity index (χ2v) is 6.93. The minimum atomic E-state index is -0.839. The summed E-state index contributed by atoms with van der Waals surface area (Å²) in [6.45, 7) is 0.321. The topological polar surface area (TPSA) is 86.5 Å². The van der Waals surface area contributed by atoms with Crippen molar-refractivity contribution in [3.63, 3.8) is 0 Å². The predicted octanol–water partition coefficient (Wildman–Crippen LogP) is 3.35. The van der Waals surface area contributed by atoms with Gasteiger partial charge in [-0.25, -0.2) is 0 Å². The fourth-order valence-electron chi connectivity index (χ4n) is 2.78.